The molecule has 0 spiro atoms. The molecular weight excluding hydrogens is 479 g/mol. The summed E-state index contributed by atoms with van der Waals surface area (Å²) in [6, 6.07) is 13.2. The summed E-state index contributed by atoms with van der Waals surface area (Å²) < 4.78 is 10.6. The van der Waals surface area contributed by atoms with Gasteiger partial charge in [-0.15, -0.1) is 0 Å². The number of allylic oxidation sites excluding steroid dienone is 4. The Morgan fingerprint density at radius 2 is 1.00 bits per heavy atom. The fourth-order valence-corrected chi connectivity index (χ4v) is 3.78. The van der Waals surface area contributed by atoms with Crippen molar-refractivity contribution in [2.24, 2.45) is 0 Å². The van der Waals surface area contributed by atoms with E-state index in [2.05, 4.69) is 0 Å². The first-order chi connectivity index (χ1) is 16.0. The number of fused-ring (bicyclic) bond motifs is 2. The number of ether oxygens (including phenoxy) is 2. The Balaban J connectivity index is 0.000000192. The lowest BCUT2D eigenvalue weighted by Crippen LogP contribution is -2.28. The van der Waals surface area contributed by atoms with E-state index in [-0.39, 0.29) is 44.7 Å². The summed E-state index contributed by atoms with van der Waals surface area (Å²) in [7, 11) is 0. The summed E-state index contributed by atoms with van der Waals surface area (Å²) in [5.41, 5.74) is 0.763. The van der Waals surface area contributed by atoms with Crippen LogP contribution in [0, 0.1) is 0 Å². The molecule has 0 aliphatic heterocycles. The van der Waals surface area contributed by atoms with Gasteiger partial charge in [0.2, 0.25) is 23.1 Å². The number of hydrogen-bond acceptors (Lipinski definition) is 6. The molecule has 6 nitrogen and oxygen atoms in total. The van der Waals surface area contributed by atoms with Crippen molar-refractivity contribution in [1.82, 2.24) is 0 Å². The predicted octanol–water partition coefficient (Wildman–Crippen LogP) is 5.88. The molecule has 0 N–H and O–H groups in total. The Morgan fingerprint density at radius 3 is 1.38 bits per heavy atom. The van der Waals surface area contributed by atoms with Crippen molar-refractivity contribution in [1.29, 1.82) is 0 Å². The summed E-state index contributed by atoms with van der Waals surface area (Å²) in [4.78, 5) is 48.0. The van der Waals surface area contributed by atoms with E-state index in [1.165, 1.54) is 0 Å². The van der Waals surface area contributed by atoms with Crippen LogP contribution in [-0.4, -0.2) is 35.3 Å². The Bertz CT molecular complexity index is 1260. The molecule has 0 saturated heterocycles. The Kier molecular flexibility index (Phi) is 7.44. The van der Waals surface area contributed by atoms with Gasteiger partial charge in [-0.25, -0.2) is 0 Å². The lowest BCUT2D eigenvalue weighted by Gasteiger charge is -2.26. The van der Waals surface area contributed by atoms with Crippen LogP contribution in [0.1, 0.15) is 69.1 Å². The standard InChI is InChI=1S/C14H13ClO3.C12H9ClO3/c1-14(2,3)18-13-10(15)11(16)8-6-4-5-7-9(8)12(13)17;1-2-16-12-9(13)10(14)7-5-3-4-6-8(7)11(12)15/h4-7H,1-3H3;3-6H,2H2,1H3. The third-order valence-corrected chi connectivity index (χ3v) is 5.43. The van der Waals surface area contributed by atoms with E-state index in [4.69, 9.17) is 32.7 Å². The molecule has 0 amide bonds. The summed E-state index contributed by atoms with van der Waals surface area (Å²) in [5, 5.41) is -0.279. The van der Waals surface area contributed by atoms with Crippen molar-refractivity contribution >= 4 is 46.3 Å². The van der Waals surface area contributed by atoms with E-state index in [9.17, 15) is 19.2 Å². The SMILES string of the molecule is CC(C)(C)OC1=C(Cl)C(=O)c2ccccc2C1=O.CCOC1=C(Cl)C(=O)c2ccccc2C1=O. The summed E-state index contributed by atoms with van der Waals surface area (Å²) in [5.74, 6) is -1.51. The van der Waals surface area contributed by atoms with Crippen molar-refractivity contribution in [2.45, 2.75) is 33.3 Å². The normalized spacial score (nSPS) is 15.5. The van der Waals surface area contributed by atoms with Crippen LogP contribution < -0.4 is 0 Å². The number of hydrogen-bond donors (Lipinski definition) is 0. The van der Waals surface area contributed by atoms with Crippen LogP contribution in [0.4, 0.5) is 0 Å². The zero-order valence-corrected chi connectivity index (χ0v) is 20.5. The second-order valence-corrected chi connectivity index (χ2v) is 9.10. The molecular formula is C26H22Cl2O6. The molecule has 2 aliphatic carbocycles. The van der Waals surface area contributed by atoms with E-state index in [0.29, 0.717) is 28.9 Å². The number of ketones is 4. The first kappa shape index (κ1) is 25.4. The predicted molar refractivity (Wildman–Crippen MR) is 128 cm³/mol. The van der Waals surface area contributed by atoms with Gasteiger partial charge < -0.3 is 9.47 Å². The number of halogens is 2. The van der Waals surface area contributed by atoms with Crippen LogP contribution in [-0.2, 0) is 9.47 Å². The van der Waals surface area contributed by atoms with E-state index in [1.54, 1.807) is 76.2 Å². The topological polar surface area (TPSA) is 86.7 Å². The first-order valence-electron chi connectivity index (χ1n) is 10.5. The molecule has 0 bridgehead atoms. The molecule has 2 aromatic carbocycles. The van der Waals surface area contributed by atoms with Crippen LogP contribution >= 0.6 is 23.2 Å². The number of benzene rings is 2. The molecule has 4 rings (SSSR count). The van der Waals surface area contributed by atoms with Gasteiger partial charge in [-0.1, -0.05) is 71.7 Å². The maximum atomic E-state index is 12.2. The fraction of sp³-hybridized carbons (Fsp3) is 0.231. The Morgan fingerprint density at radius 1 is 0.647 bits per heavy atom. The molecule has 0 aromatic heterocycles. The molecule has 2 aliphatic rings. The zero-order chi connectivity index (χ0) is 25.2. The Labute approximate surface area is 207 Å². The van der Waals surface area contributed by atoms with Gasteiger partial charge in [0.1, 0.15) is 15.7 Å². The van der Waals surface area contributed by atoms with Crippen molar-refractivity contribution in [3.63, 3.8) is 0 Å². The van der Waals surface area contributed by atoms with Crippen molar-refractivity contribution in [3.8, 4) is 0 Å². The van der Waals surface area contributed by atoms with Gasteiger partial charge in [-0.2, -0.15) is 0 Å². The minimum absolute atomic E-state index is 0.0483. The second kappa shape index (κ2) is 9.95. The highest BCUT2D eigenvalue weighted by molar-refractivity contribution is 6.50. The maximum Gasteiger partial charge on any atom is 0.230 e. The van der Waals surface area contributed by atoms with Crippen LogP contribution in [0.25, 0.3) is 0 Å². The smallest absolute Gasteiger partial charge is 0.230 e. The molecule has 8 heteroatoms. The third-order valence-electron chi connectivity index (χ3n) is 4.74. The van der Waals surface area contributed by atoms with Crippen molar-refractivity contribution < 1.29 is 28.7 Å². The third kappa shape index (κ3) is 4.98. The van der Waals surface area contributed by atoms with Gasteiger partial charge in [0.05, 0.1) is 6.61 Å². The van der Waals surface area contributed by atoms with E-state index in [1.807, 2.05) is 0 Å². The van der Waals surface area contributed by atoms with Crippen LogP contribution in [0.3, 0.4) is 0 Å². The minimum Gasteiger partial charge on any atom is -0.488 e. The minimum atomic E-state index is -0.586. The van der Waals surface area contributed by atoms with E-state index >= 15 is 0 Å². The van der Waals surface area contributed by atoms with Crippen molar-refractivity contribution in [2.75, 3.05) is 6.61 Å². The first-order valence-corrected chi connectivity index (χ1v) is 11.2. The monoisotopic (exact) mass is 500 g/mol. The van der Waals surface area contributed by atoms with E-state index in [0.717, 1.165) is 0 Å². The largest absolute Gasteiger partial charge is 0.488 e. The van der Waals surface area contributed by atoms with E-state index < -0.39 is 5.60 Å². The summed E-state index contributed by atoms with van der Waals surface area (Å²) >= 11 is 11.8. The molecule has 0 radical (unpaired) electrons. The molecule has 0 saturated carbocycles. The zero-order valence-electron chi connectivity index (χ0n) is 19.0. The Hall–Kier alpha value is -3.22. The molecule has 0 atom stereocenters. The molecule has 2 aromatic rings. The summed E-state index contributed by atoms with van der Waals surface area (Å²) in [6.45, 7) is 7.41. The van der Waals surface area contributed by atoms with Gasteiger partial charge in [-0.3, -0.25) is 19.2 Å². The van der Waals surface area contributed by atoms with Gasteiger partial charge in [0.15, 0.2) is 11.5 Å². The molecule has 34 heavy (non-hydrogen) atoms. The summed E-state index contributed by atoms with van der Waals surface area (Å²) in [6.07, 6.45) is 0. The quantitative estimate of drug-likeness (QED) is 0.522. The fourth-order valence-electron chi connectivity index (χ4n) is 3.32. The molecule has 0 heterocycles. The number of Topliss-reactive ketones (excluding diaryl/α,β-unsaturated/α-hetero) is 4. The molecule has 0 unspecified atom stereocenters. The maximum absolute atomic E-state index is 12.2. The van der Waals surface area contributed by atoms with Crippen LogP contribution in [0.15, 0.2) is 70.1 Å². The number of carbonyl (C=O) groups is 4. The highest BCUT2D eigenvalue weighted by atomic mass is 35.5. The highest BCUT2D eigenvalue weighted by Crippen LogP contribution is 2.31. The lowest BCUT2D eigenvalue weighted by atomic mass is 9.93. The molecule has 176 valence electrons. The number of carbonyl (C=O) groups excluding carboxylic acids is 4. The number of rotatable bonds is 3. The van der Waals surface area contributed by atoms with Gasteiger partial charge in [-0.05, 0) is 27.7 Å². The van der Waals surface area contributed by atoms with Gasteiger partial charge in [0, 0.05) is 22.3 Å². The van der Waals surface area contributed by atoms with Crippen LogP contribution in [0.2, 0.25) is 0 Å². The highest BCUT2D eigenvalue weighted by Gasteiger charge is 2.35. The average Bonchev–Trinajstić information content (AvgIpc) is 2.81. The molecule has 0 fully saturated rings. The van der Waals surface area contributed by atoms with Gasteiger partial charge >= 0.3 is 0 Å². The van der Waals surface area contributed by atoms with Crippen molar-refractivity contribution in [3.05, 3.63) is 92.4 Å². The van der Waals surface area contributed by atoms with Gasteiger partial charge in [0.25, 0.3) is 0 Å². The lowest BCUT2D eigenvalue weighted by molar-refractivity contribution is 0.0415. The van der Waals surface area contributed by atoms with Crippen LogP contribution in [0.5, 0.6) is 0 Å². The second-order valence-electron chi connectivity index (χ2n) is 8.34. The average molecular weight is 501 g/mol.